The largest absolute Gasteiger partial charge is 0.495 e. The normalized spacial score (nSPS) is 21.7. The first-order valence-corrected chi connectivity index (χ1v) is 18.6. The van der Waals surface area contributed by atoms with Crippen LogP contribution in [-0.2, 0) is 32.5 Å². The molecule has 1 aliphatic carbocycles. The van der Waals surface area contributed by atoms with Gasteiger partial charge in [0.2, 0.25) is 5.85 Å². The number of Topliss-reactive ketones (excluding diaryl/α,β-unsaturated/α-hetero) is 1. The van der Waals surface area contributed by atoms with Crippen molar-refractivity contribution in [3.63, 3.8) is 0 Å². The topological polar surface area (TPSA) is 106 Å². The number of hydrogen-bond donors (Lipinski definition) is 1. The van der Waals surface area contributed by atoms with Crippen molar-refractivity contribution in [1.82, 2.24) is 19.3 Å². The number of anilines is 1. The number of rotatable bonds is 13. The van der Waals surface area contributed by atoms with Crippen molar-refractivity contribution in [3.05, 3.63) is 59.8 Å². The summed E-state index contributed by atoms with van der Waals surface area (Å²) >= 11 is 0. The minimum atomic E-state index is -4.32. The van der Waals surface area contributed by atoms with Gasteiger partial charge in [-0.25, -0.2) is 0 Å². The number of ether oxygens (including phenoxy) is 3. The molecule has 0 spiro atoms. The zero-order valence-corrected chi connectivity index (χ0v) is 30.8. The van der Waals surface area contributed by atoms with Crippen LogP contribution in [0.15, 0.2) is 48.7 Å². The number of ketones is 1. The van der Waals surface area contributed by atoms with E-state index in [9.17, 15) is 27.6 Å². The van der Waals surface area contributed by atoms with Gasteiger partial charge in [0.25, 0.3) is 5.91 Å². The van der Waals surface area contributed by atoms with E-state index in [1.165, 1.54) is 12.0 Å². The van der Waals surface area contributed by atoms with Crippen molar-refractivity contribution in [2.75, 3.05) is 64.8 Å². The number of piperazine rings is 1. The molecule has 3 heterocycles. The van der Waals surface area contributed by atoms with Crippen LogP contribution in [0, 0.1) is 5.92 Å². The lowest BCUT2D eigenvalue weighted by atomic mass is 9.87. The molecule has 288 valence electrons. The van der Waals surface area contributed by atoms with E-state index in [4.69, 9.17) is 14.2 Å². The molecule has 3 fully saturated rings. The minimum absolute atomic E-state index is 0.0364. The van der Waals surface area contributed by atoms with E-state index in [0.29, 0.717) is 67.9 Å². The summed E-state index contributed by atoms with van der Waals surface area (Å²) in [6.07, 6.45) is 1.06. The molecule has 6 rings (SSSR count). The molecular weight excluding hydrogens is 691 g/mol. The van der Waals surface area contributed by atoms with Gasteiger partial charge in [0.1, 0.15) is 5.75 Å². The zero-order valence-electron chi connectivity index (χ0n) is 30.8. The fraction of sp³-hybridized carbons (Fsp3) is 0.564. The van der Waals surface area contributed by atoms with Crippen LogP contribution in [0.2, 0.25) is 0 Å². The first-order chi connectivity index (χ1) is 25.4. The Morgan fingerprint density at radius 3 is 2.25 bits per heavy atom. The maximum Gasteiger partial charge on any atom is 0.401 e. The molecule has 3 aromatic rings. The van der Waals surface area contributed by atoms with E-state index in [1.54, 1.807) is 31.3 Å². The molecule has 1 amide bonds. The molecule has 2 aliphatic heterocycles. The monoisotopic (exact) mass is 741 g/mol. The van der Waals surface area contributed by atoms with Gasteiger partial charge in [0.15, 0.2) is 5.78 Å². The number of benzene rings is 2. The molecule has 0 radical (unpaired) electrons. The van der Waals surface area contributed by atoms with Gasteiger partial charge < -0.3 is 24.1 Å². The van der Waals surface area contributed by atoms with Crippen molar-refractivity contribution in [2.24, 2.45) is 13.0 Å². The molecular formula is C39H50F3N5O6. The predicted octanol–water partition coefficient (Wildman–Crippen LogP) is 5.62. The summed E-state index contributed by atoms with van der Waals surface area (Å²) in [5.74, 6) is -2.09. The smallest absolute Gasteiger partial charge is 0.401 e. The number of fused-ring (bicyclic) bond motifs is 1. The Morgan fingerprint density at radius 2 is 1.58 bits per heavy atom. The lowest BCUT2D eigenvalue weighted by molar-refractivity contribution is -0.262. The van der Waals surface area contributed by atoms with Crippen LogP contribution in [0.4, 0.5) is 18.9 Å². The Hall–Kier alpha value is -3.98. The molecule has 1 atom stereocenters. The number of carbonyl (C=O) groups is 3. The van der Waals surface area contributed by atoms with Crippen LogP contribution >= 0.6 is 0 Å². The van der Waals surface area contributed by atoms with E-state index in [0.717, 1.165) is 23.7 Å². The van der Waals surface area contributed by atoms with Gasteiger partial charge in [-0.1, -0.05) is 24.3 Å². The third-order valence-corrected chi connectivity index (χ3v) is 10.7. The molecule has 11 nitrogen and oxygen atoms in total. The fourth-order valence-electron chi connectivity index (χ4n) is 8.12. The van der Waals surface area contributed by atoms with Crippen molar-refractivity contribution in [1.29, 1.82) is 0 Å². The molecule has 3 aliphatic rings. The molecule has 1 aromatic heterocycles. The molecule has 2 aromatic carbocycles. The van der Waals surface area contributed by atoms with Gasteiger partial charge in [0.05, 0.1) is 43.5 Å². The summed E-state index contributed by atoms with van der Waals surface area (Å²) in [7, 11) is 3.38. The highest BCUT2D eigenvalue weighted by atomic mass is 19.4. The number of carbonyl (C=O) groups excluding carboxylic acids is 3. The van der Waals surface area contributed by atoms with Gasteiger partial charge in [-0.2, -0.15) is 13.2 Å². The second-order valence-electron chi connectivity index (χ2n) is 14.3. The number of para-hydroxylation sites is 1. The molecule has 1 unspecified atom stereocenters. The number of aromatic nitrogens is 1. The van der Waals surface area contributed by atoms with Gasteiger partial charge >= 0.3 is 12.1 Å². The van der Waals surface area contributed by atoms with E-state index >= 15 is 0 Å². The van der Waals surface area contributed by atoms with Gasteiger partial charge in [-0.3, -0.25) is 29.1 Å². The number of likely N-dealkylation sites (tertiary alicyclic amines) is 1. The number of alkyl halides is 3. The lowest BCUT2D eigenvalue weighted by Gasteiger charge is -2.52. The number of methoxy groups -OCH3 is 1. The van der Waals surface area contributed by atoms with Crippen LogP contribution in [0.25, 0.3) is 10.9 Å². The summed E-state index contributed by atoms with van der Waals surface area (Å²) < 4.78 is 59.9. The highest BCUT2D eigenvalue weighted by molar-refractivity contribution is 6.13. The Kier molecular flexibility index (Phi) is 12.1. The predicted molar refractivity (Wildman–Crippen MR) is 194 cm³/mol. The third kappa shape index (κ3) is 8.72. The Labute approximate surface area is 308 Å². The minimum Gasteiger partial charge on any atom is -0.495 e. The fourth-order valence-corrected chi connectivity index (χ4v) is 8.12. The molecule has 1 saturated carbocycles. The second kappa shape index (κ2) is 16.6. The number of halogens is 3. The molecule has 14 heteroatoms. The van der Waals surface area contributed by atoms with Gasteiger partial charge in [-0.05, 0) is 69.2 Å². The standard InChI is InChI=1S/C39H50F3N5O6/c1-4-52-37(50)28-12-14-29(15-13-28)53-39(46-17-7-8-18-46,47-21-19-45(20-22-47)26-38(40,41)42)35(48)24-27-11-16-32(34(23-27)51-3)43-36(49)31-25-44(2)33-10-6-5-9-30(31)33/h5-6,9-11,16,23,25,28-29H,4,7-8,12-15,17-22,24,26H2,1-3H3,(H,43,49). The van der Waals surface area contributed by atoms with Gasteiger partial charge in [0, 0.05) is 69.8 Å². The molecule has 1 N–H and O–H groups in total. The molecule has 53 heavy (non-hydrogen) atoms. The SMILES string of the molecule is CCOC(=O)C1CCC(OC(C(=O)Cc2ccc(NC(=O)c3cn(C)c4ccccc34)c(OC)c2)(N2CCCC2)N2CCN(CC(F)(F)F)CC2)CC1. The third-order valence-electron chi connectivity index (χ3n) is 10.7. The number of nitrogens with one attached hydrogen (secondary N) is 1. The number of hydrogen-bond acceptors (Lipinski definition) is 9. The van der Waals surface area contributed by atoms with E-state index in [1.807, 2.05) is 40.8 Å². The van der Waals surface area contributed by atoms with Gasteiger partial charge in [-0.15, -0.1) is 0 Å². The van der Waals surface area contributed by atoms with Crippen LogP contribution in [0.3, 0.4) is 0 Å². The summed E-state index contributed by atoms with van der Waals surface area (Å²) in [4.78, 5) is 46.3. The first-order valence-electron chi connectivity index (χ1n) is 18.6. The summed E-state index contributed by atoms with van der Waals surface area (Å²) in [5.41, 5.74) is 2.53. The Bertz CT molecular complexity index is 1760. The van der Waals surface area contributed by atoms with Crippen molar-refractivity contribution in [2.45, 2.75) is 70.0 Å². The van der Waals surface area contributed by atoms with Crippen LogP contribution in [0.5, 0.6) is 5.75 Å². The maximum atomic E-state index is 14.9. The number of nitrogens with zero attached hydrogens (tertiary/aromatic N) is 4. The second-order valence-corrected chi connectivity index (χ2v) is 14.3. The van der Waals surface area contributed by atoms with E-state index in [-0.39, 0.29) is 62.3 Å². The van der Waals surface area contributed by atoms with E-state index < -0.39 is 18.6 Å². The lowest BCUT2D eigenvalue weighted by Crippen LogP contribution is -2.71. The van der Waals surface area contributed by atoms with Crippen molar-refractivity contribution >= 4 is 34.3 Å². The molecule has 2 saturated heterocycles. The Morgan fingerprint density at radius 1 is 0.906 bits per heavy atom. The van der Waals surface area contributed by atoms with Crippen LogP contribution in [-0.4, -0.2) is 115 Å². The first kappa shape index (κ1) is 38.7. The average Bonchev–Trinajstić information content (AvgIpc) is 3.80. The maximum absolute atomic E-state index is 14.9. The average molecular weight is 742 g/mol. The highest BCUT2D eigenvalue weighted by Gasteiger charge is 2.53. The summed E-state index contributed by atoms with van der Waals surface area (Å²) in [5, 5.41) is 3.78. The van der Waals surface area contributed by atoms with E-state index in [2.05, 4.69) is 10.2 Å². The van der Waals surface area contributed by atoms with Crippen LogP contribution in [0.1, 0.15) is 61.4 Å². The van der Waals surface area contributed by atoms with Crippen LogP contribution < -0.4 is 10.1 Å². The van der Waals surface area contributed by atoms with Crippen molar-refractivity contribution < 1.29 is 41.8 Å². The van der Waals surface area contributed by atoms with Crippen molar-refractivity contribution in [3.8, 4) is 5.75 Å². The molecule has 0 bridgehead atoms. The highest BCUT2D eigenvalue weighted by Crippen LogP contribution is 2.37. The zero-order chi connectivity index (χ0) is 37.8. The quantitative estimate of drug-likeness (QED) is 0.224. The number of aryl methyl sites for hydroxylation is 1. The summed E-state index contributed by atoms with van der Waals surface area (Å²) in [6.45, 7) is 3.02. The summed E-state index contributed by atoms with van der Waals surface area (Å²) in [6, 6.07) is 12.9. The Balaban J connectivity index is 1.26. The number of esters is 1. The number of amides is 1.